The van der Waals surface area contributed by atoms with Gasteiger partial charge < -0.3 is 11.1 Å². The first-order valence-electron chi connectivity index (χ1n) is 6.08. The summed E-state index contributed by atoms with van der Waals surface area (Å²) >= 11 is 5.15. The average Bonchev–Trinajstić information content (AvgIpc) is 2.40. The monoisotopic (exact) mass is 280 g/mol. The van der Waals surface area contributed by atoms with Gasteiger partial charge in [0, 0.05) is 38.3 Å². The summed E-state index contributed by atoms with van der Waals surface area (Å²) in [6, 6.07) is 6.28. The van der Waals surface area contributed by atoms with Crippen LogP contribution in [0.2, 0.25) is 0 Å². The lowest BCUT2D eigenvalue weighted by Crippen LogP contribution is -2.48. The van der Waals surface area contributed by atoms with Crippen LogP contribution in [0.15, 0.2) is 24.3 Å². The van der Waals surface area contributed by atoms with Crippen LogP contribution in [0.5, 0.6) is 0 Å². The molecule has 0 saturated carbocycles. The fourth-order valence-corrected chi connectivity index (χ4v) is 2.56. The Bertz CT molecular complexity index is 471. The van der Waals surface area contributed by atoms with E-state index in [1.807, 2.05) is 0 Å². The molecule has 19 heavy (non-hydrogen) atoms. The van der Waals surface area contributed by atoms with Crippen LogP contribution in [0.1, 0.15) is 11.6 Å². The molecule has 1 heterocycles. The molecule has 7 heteroatoms. The van der Waals surface area contributed by atoms with Gasteiger partial charge in [0.25, 0.3) is 5.69 Å². The lowest BCUT2D eigenvalue weighted by Gasteiger charge is -2.34. The molecular formula is C12H16N4O2S. The number of nitro benzene ring substituents is 1. The van der Waals surface area contributed by atoms with Crippen LogP contribution in [-0.4, -0.2) is 41.0 Å². The number of hydrogen-bond donors (Lipinski definition) is 2. The first-order valence-corrected chi connectivity index (χ1v) is 6.49. The summed E-state index contributed by atoms with van der Waals surface area (Å²) in [5, 5.41) is 13.9. The van der Waals surface area contributed by atoms with E-state index in [9.17, 15) is 10.1 Å². The highest BCUT2D eigenvalue weighted by molar-refractivity contribution is 7.80. The van der Waals surface area contributed by atoms with Crippen LogP contribution in [0, 0.1) is 10.1 Å². The molecule has 2 rings (SSSR count). The van der Waals surface area contributed by atoms with E-state index in [0.29, 0.717) is 4.99 Å². The minimum absolute atomic E-state index is 0.0748. The van der Waals surface area contributed by atoms with E-state index >= 15 is 0 Å². The second-order valence-electron chi connectivity index (χ2n) is 4.44. The van der Waals surface area contributed by atoms with Crippen molar-refractivity contribution in [1.82, 2.24) is 10.2 Å². The number of thiocarbonyl (C=S) groups is 1. The maximum Gasteiger partial charge on any atom is 0.269 e. The largest absolute Gasteiger partial charge is 0.392 e. The van der Waals surface area contributed by atoms with Crippen molar-refractivity contribution in [2.45, 2.75) is 6.04 Å². The SMILES string of the molecule is NC(=S)C(c1ccc([N+](=O)[O-])cc1)N1CCNCC1. The molecule has 0 bridgehead atoms. The van der Waals surface area contributed by atoms with Crippen molar-refractivity contribution >= 4 is 22.9 Å². The molecule has 0 amide bonds. The Morgan fingerprint density at radius 2 is 1.95 bits per heavy atom. The zero-order valence-electron chi connectivity index (χ0n) is 10.4. The molecule has 1 aromatic carbocycles. The minimum Gasteiger partial charge on any atom is -0.392 e. The third kappa shape index (κ3) is 3.25. The number of nitrogens with two attached hydrogens (primary N) is 1. The number of piperazine rings is 1. The molecule has 1 aliphatic rings. The van der Waals surface area contributed by atoms with E-state index in [-0.39, 0.29) is 11.7 Å². The van der Waals surface area contributed by atoms with E-state index in [4.69, 9.17) is 18.0 Å². The number of benzene rings is 1. The van der Waals surface area contributed by atoms with Crippen molar-refractivity contribution in [3.63, 3.8) is 0 Å². The number of non-ortho nitro benzene ring substituents is 1. The van der Waals surface area contributed by atoms with Crippen molar-refractivity contribution in [3.05, 3.63) is 39.9 Å². The minimum atomic E-state index is -0.412. The summed E-state index contributed by atoms with van der Waals surface area (Å²) in [7, 11) is 0. The molecule has 1 aliphatic heterocycles. The van der Waals surface area contributed by atoms with Gasteiger partial charge in [-0.2, -0.15) is 0 Å². The second-order valence-corrected chi connectivity index (χ2v) is 4.91. The molecule has 3 N–H and O–H groups in total. The van der Waals surface area contributed by atoms with Gasteiger partial charge in [-0.05, 0) is 5.56 Å². The summed E-state index contributed by atoms with van der Waals surface area (Å²) in [6.45, 7) is 3.51. The topological polar surface area (TPSA) is 84.4 Å². The van der Waals surface area contributed by atoms with Crippen molar-refractivity contribution in [1.29, 1.82) is 0 Å². The summed E-state index contributed by atoms with van der Waals surface area (Å²) in [6.07, 6.45) is 0. The highest BCUT2D eigenvalue weighted by Gasteiger charge is 2.24. The zero-order chi connectivity index (χ0) is 13.8. The summed E-state index contributed by atoms with van der Waals surface area (Å²) < 4.78 is 0. The van der Waals surface area contributed by atoms with Crippen molar-refractivity contribution in [3.8, 4) is 0 Å². The third-order valence-corrected chi connectivity index (χ3v) is 3.43. The van der Waals surface area contributed by atoms with Crippen molar-refractivity contribution < 1.29 is 4.92 Å². The highest BCUT2D eigenvalue weighted by atomic mass is 32.1. The lowest BCUT2D eigenvalue weighted by atomic mass is 10.0. The van der Waals surface area contributed by atoms with Gasteiger partial charge in [0.2, 0.25) is 0 Å². The van der Waals surface area contributed by atoms with Crippen molar-refractivity contribution in [2.24, 2.45) is 5.73 Å². The predicted octanol–water partition coefficient (Wildman–Crippen LogP) is 0.827. The van der Waals surface area contributed by atoms with Gasteiger partial charge in [-0.1, -0.05) is 24.4 Å². The summed E-state index contributed by atoms with van der Waals surface area (Å²) in [4.78, 5) is 12.8. The molecule has 0 aromatic heterocycles. The van der Waals surface area contributed by atoms with Crippen LogP contribution in [0.4, 0.5) is 5.69 Å². The molecule has 0 spiro atoms. The summed E-state index contributed by atoms with van der Waals surface area (Å²) in [5.74, 6) is 0. The van der Waals surface area contributed by atoms with Gasteiger partial charge in [0.1, 0.15) is 0 Å². The van der Waals surface area contributed by atoms with Gasteiger partial charge in [0.15, 0.2) is 0 Å². The number of rotatable bonds is 4. The van der Waals surface area contributed by atoms with Crippen LogP contribution >= 0.6 is 12.2 Å². The number of nitro groups is 1. The van der Waals surface area contributed by atoms with Crippen LogP contribution < -0.4 is 11.1 Å². The normalized spacial score (nSPS) is 17.9. The average molecular weight is 280 g/mol. The molecule has 0 radical (unpaired) electrons. The Kier molecular flexibility index (Phi) is 4.41. The molecule has 1 unspecified atom stereocenters. The molecular weight excluding hydrogens is 264 g/mol. The Morgan fingerprint density at radius 3 is 2.42 bits per heavy atom. The third-order valence-electron chi connectivity index (χ3n) is 3.21. The number of nitrogens with zero attached hydrogens (tertiary/aromatic N) is 2. The Balaban J connectivity index is 2.23. The molecule has 1 atom stereocenters. The molecule has 6 nitrogen and oxygen atoms in total. The van der Waals surface area contributed by atoms with E-state index in [0.717, 1.165) is 31.7 Å². The molecule has 1 saturated heterocycles. The van der Waals surface area contributed by atoms with Crippen LogP contribution in [0.3, 0.4) is 0 Å². The standard InChI is InChI=1S/C12H16N4O2S/c13-12(19)11(15-7-5-14-6-8-15)9-1-3-10(4-2-9)16(17)18/h1-4,11,14H,5-8H2,(H2,13,19). The Morgan fingerprint density at radius 1 is 1.37 bits per heavy atom. The van der Waals surface area contributed by atoms with E-state index in [1.54, 1.807) is 12.1 Å². The van der Waals surface area contributed by atoms with Crippen molar-refractivity contribution in [2.75, 3.05) is 26.2 Å². The van der Waals surface area contributed by atoms with Gasteiger partial charge in [-0.3, -0.25) is 15.0 Å². The fraction of sp³-hybridized carbons (Fsp3) is 0.417. The van der Waals surface area contributed by atoms with Gasteiger partial charge in [0.05, 0.1) is 16.0 Å². The van der Waals surface area contributed by atoms with E-state index in [2.05, 4.69) is 10.2 Å². The van der Waals surface area contributed by atoms with Gasteiger partial charge in [-0.25, -0.2) is 0 Å². The maximum absolute atomic E-state index is 10.7. The van der Waals surface area contributed by atoms with Gasteiger partial charge >= 0.3 is 0 Å². The lowest BCUT2D eigenvalue weighted by molar-refractivity contribution is -0.384. The fourth-order valence-electron chi connectivity index (χ4n) is 2.27. The summed E-state index contributed by atoms with van der Waals surface area (Å²) in [5.41, 5.74) is 6.81. The molecule has 0 aliphatic carbocycles. The first-order chi connectivity index (χ1) is 9.09. The Hall–Kier alpha value is -1.57. The highest BCUT2D eigenvalue weighted by Crippen LogP contribution is 2.23. The predicted molar refractivity (Wildman–Crippen MR) is 77.1 cm³/mol. The molecule has 102 valence electrons. The van der Waals surface area contributed by atoms with Crippen LogP contribution in [0.25, 0.3) is 0 Å². The Labute approximate surface area is 116 Å². The number of hydrogen-bond acceptors (Lipinski definition) is 5. The number of nitrogens with one attached hydrogen (secondary N) is 1. The second kappa shape index (κ2) is 6.05. The molecule has 1 aromatic rings. The maximum atomic E-state index is 10.7. The molecule has 1 fully saturated rings. The smallest absolute Gasteiger partial charge is 0.269 e. The van der Waals surface area contributed by atoms with E-state index < -0.39 is 4.92 Å². The first kappa shape index (κ1) is 13.9. The van der Waals surface area contributed by atoms with Gasteiger partial charge in [-0.15, -0.1) is 0 Å². The quantitative estimate of drug-likeness (QED) is 0.483. The zero-order valence-corrected chi connectivity index (χ0v) is 11.2. The van der Waals surface area contributed by atoms with Crippen LogP contribution in [-0.2, 0) is 0 Å². The van der Waals surface area contributed by atoms with E-state index in [1.165, 1.54) is 12.1 Å².